The molecule has 230 valence electrons. The molecule has 0 radical (unpaired) electrons. The second kappa shape index (κ2) is 16.4. The third-order valence-electron chi connectivity index (χ3n) is 8.63. The summed E-state index contributed by atoms with van der Waals surface area (Å²) in [7, 11) is 0. The first-order valence-corrected chi connectivity index (χ1v) is 16.1. The second-order valence-electron chi connectivity index (χ2n) is 14.4. The predicted molar refractivity (Wildman–Crippen MR) is 182 cm³/mol. The summed E-state index contributed by atoms with van der Waals surface area (Å²) in [6.07, 6.45) is 20.1. The third kappa shape index (κ3) is 12.0. The number of hydrogen-bond acceptors (Lipinski definition) is 2. The van der Waals surface area contributed by atoms with Gasteiger partial charge in [0.25, 0.3) is 0 Å². The van der Waals surface area contributed by atoms with Gasteiger partial charge in [-0.1, -0.05) is 118 Å². The lowest BCUT2D eigenvalue weighted by Crippen LogP contribution is -2.28. The largest absolute Gasteiger partial charge is 0.393 e. The van der Waals surface area contributed by atoms with Gasteiger partial charge in [0.2, 0.25) is 0 Å². The standard InChI is InChI=1S/C40H58O2/c1-29(17-13-19-31(3)21-23-37-33(5)25-35(41)27-39(37,7)8)15-11-12-16-30(2)18-14-20-32(4)22-24-38-34(6)26-36(42)28-40(38,9)10/h11-13,16-17,19,29,32,35-36,41-42H,14-15,18,20,25-28H2,1-10H3/b12-11-,17-13+,30-16+,31-19+/t29?,32?,35-,36-/m1/s1. The molecule has 0 saturated heterocycles. The van der Waals surface area contributed by atoms with Gasteiger partial charge < -0.3 is 10.2 Å². The lowest BCUT2D eigenvalue weighted by Gasteiger charge is -2.34. The minimum atomic E-state index is -0.251. The predicted octanol–water partition coefficient (Wildman–Crippen LogP) is 9.83. The van der Waals surface area contributed by atoms with Crippen LogP contribution in [-0.2, 0) is 0 Å². The molecule has 2 N–H and O–H groups in total. The number of rotatable bonds is 9. The van der Waals surface area contributed by atoms with Crippen LogP contribution in [0.5, 0.6) is 0 Å². The first-order chi connectivity index (χ1) is 19.6. The van der Waals surface area contributed by atoms with E-state index in [0.29, 0.717) is 11.8 Å². The van der Waals surface area contributed by atoms with Crippen LogP contribution in [0.2, 0.25) is 0 Å². The Hall–Kier alpha value is -2.52. The van der Waals surface area contributed by atoms with E-state index in [4.69, 9.17) is 0 Å². The van der Waals surface area contributed by atoms with E-state index in [1.807, 2.05) is 0 Å². The number of aliphatic hydroxyl groups excluding tert-OH is 2. The van der Waals surface area contributed by atoms with Gasteiger partial charge in [0.15, 0.2) is 0 Å². The van der Waals surface area contributed by atoms with E-state index in [1.165, 1.54) is 27.9 Å². The van der Waals surface area contributed by atoms with Gasteiger partial charge in [0.05, 0.1) is 12.2 Å². The molecule has 0 heterocycles. The van der Waals surface area contributed by atoms with Crippen LogP contribution in [0.4, 0.5) is 0 Å². The zero-order valence-electron chi connectivity index (χ0n) is 28.3. The van der Waals surface area contributed by atoms with Crippen LogP contribution in [0.1, 0.15) is 121 Å². The zero-order valence-corrected chi connectivity index (χ0v) is 28.3. The molecule has 0 fully saturated rings. The van der Waals surface area contributed by atoms with Crippen molar-refractivity contribution >= 4 is 0 Å². The maximum Gasteiger partial charge on any atom is 0.0586 e. The maximum absolute atomic E-state index is 10.1. The van der Waals surface area contributed by atoms with Crippen LogP contribution < -0.4 is 0 Å². The number of hydrogen-bond donors (Lipinski definition) is 2. The second-order valence-corrected chi connectivity index (χ2v) is 14.4. The summed E-state index contributed by atoms with van der Waals surface area (Å²) in [6, 6.07) is 0. The van der Waals surface area contributed by atoms with Gasteiger partial charge in [-0.25, -0.2) is 0 Å². The van der Waals surface area contributed by atoms with Crippen molar-refractivity contribution in [2.75, 3.05) is 0 Å². The molecule has 0 bridgehead atoms. The van der Waals surface area contributed by atoms with Gasteiger partial charge in [-0.3, -0.25) is 0 Å². The Morgan fingerprint density at radius 3 is 2.02 bits per heavy atom. The SMILES string of the molecule is CC1=C(C#C/C(C)=C/C=C/C(C)C/C=C\C=C(/C)CCCC(C)C#CC2=C(C)C[C@@H](O)CC2(C)C)C(C)(C)C[C@H](O)C1. The highest BCUT2D eigenvalue weighted by Gasteiger charge is 2.33. The van der Waals surface area contributed by atoms with E-state index in [9.17, 15) is 10.2 Å². The molecule has 4 atom stereocenters. The lowest BCUT2D eigenvalue weighted by molar-refractivity contribution is 0.116. The van der Waals surface area contributed by atoms with E-state index in [2.05, 4.69) is 129 Å². The van der Waals surface area contributed by atoms with E-state index in [0.717, 1.165) is 56.9 Å². The highest BCUT2D eigenvalue weighted by atomic mass is 16.3. The van der Waals surface area contributed by atoms with E-state index < -0.39 is 0 Å². The summed E-state index contributed by atoms with van der Waals surface area (Å²) in [6.45, 7) is 21.7. The quantitative estimate of drug-likeness (QED) is 0.214. The maximum atomic E-state index is 10.1. The molecule has 0 aromatic carbocycles. The van der Waals surface area contributed by atoms with Crippen molar-refractivity contribution in [3.63, 3.8) is 0 Å². The molecule has 2 nitrogen and oxygen atoms in total. The minimum Gasteiger partial charge on any atom is -0.393 e. The van der Waals surface area contributed by atoms with Crippen molar-refractivity contribution in [2.45, 2.75) is 133 Å². The Bertz CT molecular complexity index is 1240. The van der Waals surface area contributed by atoms with Gasteiger partial charge in [-0.2, -0.15) is 0 Å². The topological polar surface area (TPSA) is 40.5 Å². The van der Waals surface area contributed by atoms with E-state index in [-0.39, 0.29) is 23.0 Å². The summed E-state index contributed by atoms with van der Waals surface area (Å²) in [4.78, 5) is 0. The van der Waals surface area contributed by atoms with Crippen LogP contribution in [0, 0.1) is 46.3 Å². The van der Waals surface area contributed by atoms with Gasteiger partial charge in [0, 0.05) is 27.9 Å². The van der Waals surface area contributed by atoms with Gasteiger partial charge in [0.1, 0.15) is 0 Å². The molecule has 2 aliphatic rings. The molecule has 0 aromatic heterocycles. The molecule has 2 heteroatoms. The summed E-state index contributed by atoms with van der Waals surface area (Å²) in [5.74, 6) is 14.5. The minimum absolute atomic E-state index is 0.0341. The van der Waals surface area contributed by atoms with E-state index >= 15 is 0 Å². The average Bonchev–Trinajstić information content (AvgIpc) is 2.84. The lowest BCUT2D eigenvalue weighted by atomic mass is 9.72. The third-order valence-corrected chi connectivity index (χ3v) is 8.63. The van der Waals surface area contributed by atoms with Crippen molar-refractivity contribution in [1.82, 2.24) is 0 Å². The Kier molecular flexibility index (Phi) is 13.9. The number of aliphatic hydroxyl groups is 2. The molecule has 0 aliphatic heterocycles. The highest BCUT2D eigenvalue weighted by molar-refractivity contribution is 5.45. The van der Waals surface area contributed by atoms with Crippen molar-refractivity contribution in [3.8, 4) is 23.7 Å². The Balaban J connectivity index is 1.77. The van der Waals surface area contributed by atoms with Crippen molar-refractivity contribution in [2.24, 2.45) is 22.7 Å². The van der Waals surface area contributed by atoms with E-state index in [1.54, 1.807) is 0 Å². The zero-order chi connectivity index (χ0) is 31.5. The summed E-state index contributed by atoms with van der Waals surface area (Å²) >= 11 is 0. The first-order valence-electron chi connectivity index (χ1n) is 16.1. The fourth-order valence-corrected chi connectivity index (χ4v) is 6.38. The van der Waals surface area contributed by atoms with Crippen LogP contribution in [0.15, 0.2) is 69.9 Å². The normalized spacial score (nSPS) is 24.4. The smallest absolute Gasteiger partial charge is 0.0586 e. The van der Waals surface area contributed by atoms with Gasteiger partial charge in [-0.05, 0) is 90.6 Å². The molecular weight excluding hydrogens is 512 g/mol. The Morgan fingerprint density at radius 2 is 1.45 bits per heavy atom. The molecule has 0 saturated carbocycles. The van der Waals surface area contributed by atoms with Crippen molar-refractivity contribution in [1.29, 1.82) is 0 Å². The molecule has 0 amide bonds. The van der Waals surface area contributed by atoms with Crippen LogP contribution in [0.25, 0.3) is 0 Å². The summed E-state index contributed by atoms with van der Waals surface area (Å²) < 4.78 is 0. The molecule has 42 heavy (non-hydrogen) atoms. The summed E-state index contributed by atoms with van der Waals surface area (Å²) in [5.41, 5.74) is 7.25. The Morgan fingerprint density at radius 1 is 0.881 bits per heavy atom. The van der Waals surface area contributed by atoms with Crippen LogP contribution in [0.3, 0.4) is 0 Å². The van der Waals surface area contributed by atoms with Crippen LogP contribution in [-0.4, -0.2) is 22.4 Å². The molecule has 2 aliphatic carbocycles. The monoisotopic (exact) mass is 570 g/mol. The molecule has 2 rings (SSSR count). The molecule has 2 unspecified atom stereocenters. The Labute approximate surface area is 258 Å². The highest BCUT2D eigenvalue weighted by Crippen LogP contribution is 2.40. The van der Waals surface area contributed by atoms with Crippen LogP contribution >= 0.6 is 0 Å². The fourth-order valence-electron chi connectivity index (χ4n) is 6.38. The average molecular weight is 571 g/mol. The van der Waals surface area contributed by atoms with Crippen molar-refractivity contribution < 1.29 is 10.2 Å². The van der Waals surface area contributed by atoms with Gasteiger partial charge in [-0.15, -0.1) is 0 Å². The fraction of sp³-hybridized carbons (Fsp3) is 0.600. The van der Waals surface area contributed by atoms with Crippen molar-refractivity contribution in [3.05, 3.63) is 69.9 Å². The number of allylic oxidation sites excluding steroid dienone is 10. The molecule has 0 spiro atoms. The van der Waals surface area contributed by atoms with Gasteiger partial charge >= 0.3 is 0 Å². The first kappa shape index (κ1) is 35.7. The molecule has 0 aromatic rings. The summed E-state index contributed by atoms with van der Waals surface area (Å²) in [5, 5.41) is 20.2. The molecular formula is C40H58O2.